The first-order valence-electron chi connectivity index (χ1n) is 4.63. The Morgan fingerprint density at radius 1 is 1.24 bits per heavy atom. The Bertz CT molecular complexity index is 547. The van der Waals surface area contributed by atoms with Gasteiger partial charge in [0.1, 0.15) is 23.1 Å². The van der Waals surface area contributed by atoms with E-state index >= 15 is 0 Å². The Morgan fingerprint density at radius 2 is 1.88 bits per heavy atom. The van der Waals surface area contributed by atoms with E-state index in [1.807, 2.05) is 0 Å². The fourth-order valence-electron chi connectivity index (χ4n) is 1.28. The molecule has 2 rings (SSSR count). The number of aromatic nitrogens is 2. The highest BCUT2D eigenvalue weighted by atomic mass is 19.1. The van der Waals surface area contributed by atoms with E-state index in [-0.39, 0.29) is 17.2 Å². The number of H-pyrrole nitrogens is 1. The van der Waals surface area contributed by atoms with Crippen molar-refractivity contribution in [1.29, 1.82) is 0 Å². The summed E-state index contributed by atoms with van der Waals surface area (Å²) in [6.07, 6.45) is 0. The molecule has 2 aromatic rings. The van der Waals surface area contributed by atoms with Crippen LogP contribution in [0.2, 0.25) is 0 Å². The minimum absolute atomic E-state index is 0.0145. The lowest BCUT2D eigenvalue weighted by molar-refractivity contribution is 0.102. The first-order chi connectivity index (χ1) is 8.04. The van der Waals surface area contributed by atoms with Crippen LogP contribution in [0.5, 0.6) is 0 Å². The van der Waals surface area contributed by atoms with Crippen molar-refractivity contribution in [2.24, 2.45) is 0 Å². The molecule has 1 heterocycles. The van der Waals surface area contributed by atoms with E-state index in [4.69, 9.17) is 5.73 Å². The summed E-state index contributed by atoms with van der Waals surface area (Å²) < 4.78 is 25.7. The Morgan fingerprint density at radius 3 is 2.41 bits per heavy atom. The maximum atomic E-state index is 12.9. The molecule has 1 amide bonds. The van der Waals surface area contributed by atoms with Gasteiger partial charge in [-0.1, -0.05) is 0 Å². The third-order valence-electron chi connectivity index (χ3n) is 1.96. The van der Waals surface area contributed by atoms with Gasteiger partial charge in [0.25, 0.3) is 5.91 Å². The molecule has 0 fully saturated rings. The standard InChI is InChI=1S/C10H8F2N4O/c11-5-1-6(12)3-7(2-5)14-10(17)8-4-9(13)16-15-8/h1-4H,(H,14,17)(H3,13,15,16). The van der Waals surface area contributed by atoms with Crippen LogP contribution in [0.4, 0.5) is 20.3 Å². The maximum absolute atomic E-state index is 12.9. The molecule has 0 unspecified atom stereocenters. The van der Waals surface area contributed by atoms with E-state index in [2.05, 4.69) is 15.5 Å². The number of anilines is 2. The van der Waals surface area contributed by atoms with Crippen LogP contribution in [-0.2, 0) is 0 Å². The predicted octanol–water partition coefficient (Wildman–Crippen LogP) is 1.52. The number of nitrogens with one attached hydrogen (secondary N) is 2. The highest BCUT2D eigenvalue weighted by Gasteiger charge is 2.10. The number of nitrogens with zero attached hydrogens (tertiary/aromatic N) is 1. The molecule has 0 aliphatic heterocycles. The summed E-state index contributed by atoms with van der Waals surface area (Å²) in [4.78, 5) is 11.6. The second-order valence-corrected chi connectivity index (χ2v) is 3.32. The number of aromatic amines is 1. The molecule has 1 aromatic carbocycles. The first kappa shape index (κ1) is 11.1. The number of rotatable bonds is 2. The zero-order valence-corrected chi connectivity index (χ0v) is 8.50. The summed E-state index contributed by atoms with van der Waals surface area (Å²) in [6, 6.07) is 4.02. The molecule has 17 heavy (non-hydrogen) atoms. The largest absolute Gasteiger partial charge is 0.382 e. The lowest BCUT2D eigenvalue weighted by Gasteiger charge is -2.03. The van der Waals surface area contributed by atoms with Crippen LogP contribution in [0, 0.1) is 11.6 Å². The van der Waals surface area contributed by atoms with Gasteiger partial charge < -0.3 is 11.1 Å². The molecule has 0 spiro atoms. The van der Waals surface area contributed by atoms with E-state index in [0.29, 0.717) is 6.07 Å². The highest BCUT2D eigenvalue weighted by molar-refractivity contribution is 6.03. The van der Waals surface area contributed by atoms with Crippen LogP contribution in [0.1, 0.15) is 10.5 Å². The number of benzene rings is 1. The average Bonchev–Trinajstić information content (AvgIpc) is 2.63. The molecule has 0 bridgehead atoms. The summed E-state index contributed by atoms with van der Waals surface area (Å²) in [5.74, 6) is -1.98. The lowest BCUT2D eigenvalue weighted by atomic mass is 10.3. The molecule has 1 aromatic heterocycles. The van der Waals surface area contributed by atoms with Crippen LogP contribution < -0.4 is 11.1 Å². The van der Waals surface area contributed by atoms with E-state index in [1.54, 1.807) is 0 Å². The van der Waals surface area contributed by atoms with E-state index in [1.165, 1.54) is 6.07 Å². The minimum atomic E-state index is -0.774. The Balaban J connectivity index is 2.18. The van der Waals surface area contributed by atoms with Crippen LogP contribution in [0.25, 0.3) is 0 Å². The molecular weight excluding hydrogens is 230 g/mol. The minimum Gasteiger partial charge on any atom is -0.382 e. The van der Waals surface area contributed by atoms with Gasteiger partial charge in [-0.15, -0.1) is 0 Å². The number of halogens is 2. The van der Waals surface area contributed by atoms with Crippen molar-refractivity contribution in [2.45, 2.75) is 0 Å². The molecule has 88 valence electrons. The van der Waals surface area contributed by atoms with Crippen molar-refractivity contribution in [3.63, 3.8) is 0 Å². The van der Waals surface area contributed by atoms with Crippen LogP contribution in [0.15, 0.2) is 24.3 Å². The van der Waals surface area contributed by atoms with Crippen molar-refractivity contribution in [2.75, 3.05) is 11.1 Å². The summed E-state index contributed by atoms with van der Waals surface area (Å²) in [6.45, 7) is 0. The molecule has 4 N–H and O–H groups in total. The second kappa shape index (κ2) is 4.20. The first-order valence-corrected chi connectivity index (χ1v) is 4.63. The summed E-state index contributed by atoms with van der Waals surface area (Å²) in [7, 11) is 0. The molecular formula is C10H8F2N4O. The number of hydrogen-bond donors (Lipinski definition) is 3. The Labute approximate surface area is 94.6 Å². The SMILES string of the molecule is Nc1cc(C(=O)Nc2cc(F)cc(F)c2)[nH]n1. The van der Waals surface area contributed by atoms with Crippen molar-refractivity contribution >= 4 is 17.4 Å². The Hall–Kier alpha value is -2.44. The molecule has 5 nitrogen and oxygen atoms in total. The molecule has 0 aliphatic carbocycles. The maximum Gasteiger partial charge on any atom is 0.273 e. The fraction of sp³-hybridized carbons (Fsp3) is 0. The number of carbonyl (C=O) groups is 1. The van der Waals surface area contributed by atoms with Crippen LogP contribution in [0.3, 0.4) is 0 Å². The fourth-order valence-corrected chi connectivity index (χ4v) is 1.28. The molecule has 0 aliphatic rings. The van der Waals surface area contributed by atoms with Gasteiger partial charge in [0.2, 0.25) is 0 Å². The van der Waals surface area contributed by atoms with Crippen molar-refractivity contribution in [3.8, 4) is 0 Å². The molecule has 0 radical (unpaired) electrons. The number of nitrogen functional groups attached to an aromatic ring is 1. The van der Waals surface area contributed by atoms with E-state index in [0.717, 1.165) is 12.1 Å². The molecule has 0 saturated carbocycles. The zero-order chi connectivity index (χ0) is 12.4. The predicted molar refractivity (Wildman–Crippen MR) is 57.3 cm³/mol. The number of nitrogens with two attached hydrogens (primary N) is 1. The summed E-state index contributed by atoms with van der Waals surface area (Å²) in [5, 5.41) is 8.25. The van der Waals surface area contributed by atoms with Crippen molar-refractivity contribution in [3.05, 3.63) is 41.6 Å². The van der Waals surface area contributed by atoms with Gasteiger partial charge in [-0.05, 0) is 12.1 Å². The van der Waals surface area contributed by atoms with Gasteiger partial charge in [0.05, 0.1) is 0 Å². The third kappa shape index (κ3) is 2.57. The van der Waals surface area contributed by atoms with E-state index in [9.17, 15) is 13.6 Å². The van der Waals surface area contributed by atoms with Crippen molar-refractivity contribution in [1.82, 2.24) is 10.2 Å². The normalized spacial score (nSPS) is 10.2. The molecule has 7 heteroatoms. The Kier molecular flexibility index (Phi) is 2.73. The van der Waals surface area contributed by atoms with E-state index < -0.39 is 17.5 Å². The van der Waals surface area contributed by atoms with Gasteiger partial charge >= 0.3 is 0 Å². The second-order valence-electron chi connectivity index (χ2n) is 3.32. The third-order valence-corrected chi connectivity index (χ3v) is 1.96. The summed E-state index contributed by atoms with van der Waals surface area (Å²) >= 11 is 0. The van der Waals surface area contributed by atoms with Gasteiger partial charge in [-0.25, -0.2) is 8.78 Å². The number of amides is 1. The lowest BCUT2D eigenvalue weighted by Crippen LogP contribution is -2.12. The van der Waals surface area contributed by atoms with Crippen LogP contribution >= 0.6 is 0 Å². The highest BCUT2D eigenvalue weighted by Crippen LogP contribution is 2.14. The molecule has 0 atom stereocenters. The smallest absolute Gasteiger partial charge is 0.273 e. The quantitative estimate of drug-likeness (QED) is 0.741. The van der Waals surface area contributed by atoms with Crippen LogP contribution in [-0.4, -0.2) is 16.1 Å². The molecule has 0 saturated heterocycles. The van der Waals surface area contributed by atoms with Gasteiger partial charge in [0, 0.05) is 17.8 Å². The number of hydrogen-bond acceptors (Lipinski definition) is 3. The zero-order valence-electron chi connectivity index (χ0n) is 8.50. The number of carbonyl (C=O) groups excluding carboxylic acids is 1. The topological polar surface area (TPSA) is 83.8 Å². The van der Waals surface area contributed by atoms with Gasteiger partial charge in [0.15, 0.2) is 0 Å². The van der Waals surface area contributed by atoms with Gasteiger partial charge in [-0.3, -0.25) is 9.89 Å². The summed E-state index contributed by atoms with van der Waals surface area (Å²) in [5.41, 5.74) is 5.43. The van der Waals surface area contributed by atoms with Crippen molar-refractivity contribution < 1.29 is 13.6 Å². The average molecular weight is 238 g/mol. The monoisotopic (exact) mass is 238 g/mol. The van der Waals surface area contributed by atoms with Gasteiger partial charge in [-0.2, -0.15) is 5.10 Å².